The number of halogens is 2. The van der Waals surface area contributed by atoms with Crippen molar-refractivity contribution in [2.24, 2.45) is 0 Å². The molecular formula is C15H11F2O. The highest BCUT2D eigenvalue weighted by molar-refractivity contribution is 5.66. The molecule has 0 bridgehead atoms. The van der Waals surface area contributed by atoms with E-state index in [1.54, 1.807) is 12.1 Å². The zero-order chi connectivity index (χ0) is 12.7. The monoisotopic (exact) mass is 245 g/mol. The molecule has 2 aromatic rings. The molecule has 1 atom stereocenters. The Morgan fingerprint density at radius 3 is 2.72 bits per heavy atom. The van der Waals surface area contributed by atoms with Crippen molar-refractivity contribution in [3.05, 3.63) is 60.5 Å². The minimum atomic E-state index is -0.419. The maximum absolute atomic E-state index is 13.9. The summed E-state index contributed by atoms with van der Waals surface area (Å²) in [6.07, 6.45) is 0.326. The predicted molar refractivity (Wildman–Crippen MR) is 65.3 cm³/mol. The van der Waals surface area contributed by atoms with Crippen molar-refractivity contribution in [3.8, 4) is 16.9 Å². The third-order valence-electron chi connectivity index (χ3n) is 3.01. The first-order valence-corrected chi connectivity index (χ1v) is 5.71. The molecule has 0 N–H and O–H groups in total. The maximum atomic E-state index is 13.9. The van der Waals surface area contributed by atoms with E-state index >= 15 is 0 Å². The van der Waals surface area contributed by atoms with E-state index in [0.717, 1.165) is 5.56 Å². The van der Waals surface area contributed by atoms with E-state index in [9.17, 15) is 8.78 Å². The first-order valence-electron chi connectivity index (χ1n) is 5.71. The molecule has 0 aromatic heterocycles. The van der Waals surface area contributed by atoms with Crippen LogP contribution in [0.3, 0.4) is 0 Å². The summed E-state index contributed by atoms with van der Waals surface area (Å²) >= 11 is 0. The van der Waals surface area contributed by atoms with E-state index in [4.69, 9.17) is 4.74 Å². The van der Waals surface area contributed by atoms with E-state index in [1.807, 2.05) is 6.07 Å². The van der Waals surface area contributed by atoms with Crippen molar-refractivity contribution in [3.63, 3.8) is 0 Å². The minimum absolute atomic E-state index is 0.253. The fourth-order valence-electron chi connectivity index (χ4n) is 2.22. The van der Waals surface area contributed by atoms with Crippen LogP contribution in [0.25, 0.3) is 11.1 Å². The minimum Gasteiger partial charge on any atom is -0.487 e. The van der Waals surface area contributed by atoms with Gasteiger partial charge < -0.3 is 4.74 Å². The molecule has 3 rings (SSSR count). The molecule has 1 nitrogen and oxygen atoms in total. The highest BCUT2D eigenvalue weighted by atomic mass is 19.1. The largest absolute Gasteiger partial charge is 0.487 e. The van der Waals surface area contributed by atoms with Gasteiger partial charge in [0.25, 0.3) is 0 Å². The summed E-state index contributed by atoms with van der Waals surface area (Å²) in [5, 5.41) is 0. The van der Waals surface area contributed by atoms with Gasteiger partial charge in [-0.25, -0.2) is 8.78 Å². The number of fused-ring (bicyclic) bond motifs is 1. The summed E-state index contributed by atoms with van der Waals surface area (Å²) in [5.41, 5.74) is 2.10. The molecule has 0 saturated heterocycles. The zero-order valence-electron chi connectivity index (χ0n) is 9.62. The molecule has 0 saturated carbocycles. The average molecular weight is 245 g/mol. The van der Waals surface area contributed by atoms with Gasteiger partial charge in [0.1, 0.15) is 11.9 Å². The van der Waals surface area contributed by atoms with Gasteiger partial charge in [0, 0.05) is 12.0 Å². The first kappa shape index (κ1) is 11.2. The topological polar surface area (TPSA) is 9.23 Å². The van der Waals surface area contributed by atoms with Gasteiger partial charge in [0.05, 0.1) is 0 Å². The second-order valence-electron chi connectivity index (χ2n) is 4.40. The van der Waals surface area contributed by atoms with Crippen molar-refractivity contribution >= 4 is 0 Å². The van der Waals surface area contributed by atoms with Crippen molar-refractivity contribution in [1.82, 2.24) is 0 Å². The Balaban J connectivity index is 2.10. The smallest absolute Gasteiger partial charge is 0.165 e. The molecule has 18 heavy (non-hydrogen) atoms. The molecule has 2 aromatic carbocycles. The summed E-state index contributed by atoms with van der Waals surface area (Å²) in [6, 6.07) is 9.31. The van der Waals surface area contributed by atoms with Crippen LogP contribution in [-0.2, 0) is 6.42 Å². The van der Waals surface area contributed by atoms with Crippen LogP contribution < -0.4 is 4.74 Å². The number of hydrogen-bond donors (Lipinski definition) is 0. The predicted octanol–water partition coefficient (Wildman–Crippen LogP) is 3.77. The lowest BCUT2D eigenvalue weighted by Crippen LogP contribution is -2.06. The summed E-state index contributed by atoms with van der Waals surface area (Å²) in [6.45, 7) is 3.76. The van der Waals surface area contributed by atoms with Crippen LogP contribution in [0, 0.1) is 18.6 Å². The fraction of sp³-hybridized carbons (Fsp3) is 0.133. The SMILES string of the molecule is [CH2]C1Cc2cc(-c3cccc(F)c3)cc(F)c2O1. The van der Waals surface area contributed by atoms with E-state index in [0.29, 0.717) is 17.5 Å². The Morgan fingerprint density at radius 1 is 1.11 bits per heavy atom. The van der Waals surface area contributed by atoms with E-state index < -0.39 is 5.82 Å². The Hall–Kier alpha value is -1.90. The number of rotatable bonds is 1. The summed E-state index contributed by atoms with van der Waals surface area (Å²) in [7, 11) is 0. The second-order valence-corrected chi connectivity index (χ2v) is 4.40. The summed E-state index contributed by atoms with van der Waals surface area (Å²) in [4.78, 5) is 0. The van der Waals surface area contributed by atoms with Gasteiger partial charge in [-0.1, -0.05) is 12.1 Å². The third-order valence-corrected chi connectivity index (χ3v) is 3.01. The highest BCUT2D eigenvalue weighted by Gasteiger charge is 2.23. The van der Waals surface area contributed by atoms with Gasteiger partial charge in [-0.15, -0.1) is 0 Å². The molecule has 1 aliphatic heterocycles. The number of ether oxygens (including phenoxy) is 1. The van der Waals surface area contributed by atoms with Gasteiger partial charge in [-0.3, -0.25) is 0 Å². The second kappa shape index (κ2) is 4.09. The Bertz CT molecular complexity index is 607. The van der Waals surface area contributed by atoms with Crippen molar-refractivity contribution in [2.45, 2.75) is 12.5 Å². The van der Waals surface area contributed by atoms with Crippen molar-refractivity contribution < 1.29 is 13.5 Å². The molecule has 1 radical (unpaired) electrons. The molecule has 0 amide bonds. The molecule has 1 unspecified atom stereocenters. The van der Waals surface area contributed by atoms with Gasteiger partial charge in [0.15, 0.2) is 11.6 Å². The average Bonchev–Trinajstić information content (AvgIpc) is 2.70. The van der Waals surface area contributed by atoms with Crippen molar-refractivity contribution in [1.29, 1.82) is 0 Å². The van der Waals surface area contributed by atoms with Crippen LogP contribution in [0.15, 0.2) is 36.4 Å². The lowest BCUT2D eigenvalue weighted by Gasteiger charge is -2.06. The molecule has 0 aliphatic carbocycles. The Labute approximate surface area is 104 Å². The first-order chi connectivity index (χ1) is 8.63. The molecule has 3 heteroatoms. The third kappa shape index (κ3) is 1.86. The quantitative estimate of drug-likeness (QED) is 0.743. The van der Waals surface area contributed by atoms with Crippen LogP contribution in [0.4, 0.5) is 8.78 Å². The van der Waals surface area contributed by atoms with Crippen LogP contribution in [0.2, 0.25) is 0 Å². The van der Waals surface area contributed by atoms with Crippen LogP contribution in [0.1, 0.15) is 5.56 Å². The van der Waals surface area contributed by atoms with E-state index in [1.165, 1.54) is 18.2 Å². The number of benzene rings is 2. The zero-order valence-corrected chi connectivity index (χ0v) is 9.62. The van der Waals surface area contributed by atoms with Crippen LogP contribution in [0.5, 0.6) is 5.75 Å². The normalized spacial score (nSPS) is 17.4. The van der Waals surface area contributed by atoms with E-state index in [-0.39, 0.29) is 17.7 Å². The van der Waals surface area contributed by atoms with Gasteiger partial charge in [0.2, 0.25) is 0 Å². The lowest BCUT2D eigenvalue weighted by atomic mass is 10.0. The molecular weight excluding hydrogens is 234 g/mol. The molecule has 1 heterocycles. The lowest BCUT2D eigenvalue weighted by molar-refractivity contribution is 0.269. The van der Waals surface area contributed by atoms with Gasteiger partial charge >= 0.3 is 0 Å². The summed E-state index contributed by atoms with van der Waals surface area (Å²) < 4.78 is 32.3. The Morgan fingerprint density at radius 2 is 1.94 bits per heavy atom. The molecule has 0 spiro atoms. The molecule has 1 aliphatic rings. The highest BCUT2D eigenvalue weighted by Crippen LogP contribution is 2.35. The van der Waals surface area contributed by atoms with E-state index in [2.05, 4.69) is 6.92 Å². The van der Waals surface area contributed by atoms with Gasteiger partial charge in [-0.05, 0) is 42.3 Å². The fourth-order valence-corrected chi connectivity index (χ4v) is 2.22. The van der Waals surface area contributed by atoms with Crippen molar-refractivity contribution in [2.75, 3.05) is 0 Å². The van der Waals surface area contributed by atoms with Crippen LogP contribution in [-0.4, -0.2) is 6.10 Å². The maximum Gasteiger partial charge on any atom is 0.165 e. The standard InChI is InChI=1S/C15H11F2O/c1-9-5-12-6-11(8-14(17)15(12)18-9)10-3-2-4-13(16)7-10/h2-4,6-9H,1,5H2. The van der Waals surface area contributed by atoms with Gasteiger partial charge in [-0.2, -0.15) is 0 Å². The summed E-state index contributed by atoms with van der Waals surface area (Å²) in [5.74, 6) is -0.479. The van der Waals surface area contributed by atoms with Crippen LogP contribution >= 0.6 is 0 Å². The molecule has 0 fully saturated rings. The Kier molecular flexibility index (Phi) is 2.54. The molecule has 91 valence electrons. The number of hydrogen-bond acceptors (Lipinski definition) is 1.